The molecule has 5 rings (SSSR count). The molecule has 33 heavy (non-hydrogen) atoms. The van der Waals surface area contributed by atoms with E-state index in [2.05, 4.69) is 53.3 Å². The first kappa shape index (κ1) is 21.7. The maximum atomic E-state index is 13.0. The summed E-state index contributed by atoms with van der Waals surface area (Å²) in [4.78, 5) is 20.3. The van der Waals surface area contributed by atoms with Crippen LogP contribution in [0.3, 0.4) is 0 Å². The van der Waals surface area contributed by atoms with E-state index in [4.69, 9.17) is 4.74 Å². The number of rotatable bonds is 6. The summed E-state index contributed by atoms with van der Waals surface area (Å²) in [6.07, 6.45) is 7.70. The lowest BCUT2D eigenvalue weighted by Gasteiger charge is -2.30. The first-order valence-corrected chi connectivity index (χ1v) is 11.8. The number of pyridine rings is 1. The van der Waals surface area contributed by atoms with Crippen molar-refractivity contribution in [2.75, 3.05) is 13.7 Å². The van der Waals surface area contributed by atoms with Crippen LogP contribution in [0.2, 0.25) is 0 Å². The molecule has 0 amide bonds. The Morgan fingerprint density at radius 1 is 1.21 bits per heavy atom. The molecule has 0 bridgehead atoms. The van der Waals surface area contributed by atoms with Gasteiger partial charge < -0.3 is 15.0 Å². The number of fused-ring (bicyclic) bond motifs is 2. The number of methoxy groups -OCH3 is 1. The number of aromatic amines is 1. The van der Waals surface area contributed by atoms with E-state index in [9.17, 15) is 4.79 Å². The molecule has 3 aromatic heterocycles. The lowest BCUT2D eigenvalue weighted by Crippen LogP contribution is -2.37. The summed E-state index contributed by atoms with van der Waals surface area (Å²) in [6, 6.07) is 6.96. The highest BCUT2D eigenvalue weighted by molar-refractivity contribution is 5.85. The van der Waals surface area contributed by atoms with Crippen LogP contribution >= 0.6 is 0 Å². The molecule has 8 nitrogen and oxygen atoms in total. The molecule has 174 valence electrons. The predicted octanol–water partition coefficient (Wildman–Crippen LogP) is 4.09. The van der Waals surface area contributed by atoms with Crippen LogP contribution in [-0.4, -0.2) is 43.8 Å². The van der Waals surface area contributed by atoms with E-state index in [1.54, 1.807) is 11.6 Å². The first-order chi connectivity index (χ1) is 15.9. The summed E-state index contributed by atoms with van der Waals surface area (Å²) >= 11 is 0. The average molecular weight is 449 g/mol. The largest absolute Gasteiger partial charge is 0.493 e. The number of nitrogens with zero attached hydrogens (tertiary/aromatic N) is 4. The Labute approximate surface area is 193 Å². The number of hydrogen-bond acceptors (Lipinski definition) is 5. The number of H-pyrrole nitrogens is 1. The Balaban J connectivity index is 1.47. The van der Waals surface area contributed by atoms with Gasteiger partial charge in [-0.15, -0.1) is 0 Å². The van der Waals surface area contributed by atoms with Crippen LogP contribution in [0.15, 0.2) is 35.5 Å². The molecule has 1 aromatic carbocycles. The molecule has 1 saturated carbocycles. The van der Waals surface area contributed by atoms with E-state index in [1.807, 2.05) is 16.8 Å². The van der Waals surface area contributed by atoms with Gasteiger partial charge in [-0.2, -0.15) is 5.10 Å². The minimum absolute atomic E-state index is 0.0237. The van der Waals surface area contributed by atoms with Crippen LogP contribution in [0.25, 0.3) is 27.8 Å². The van der Waals surface area contributed by atoms with Gasteiger partial charge in [-0.25, -0.2) is 14.3 Å². The SMILES string of the molecule is COc1cc(-c2cc3[nH]c(=O)n(C4CCC(NCC(C)C)CC4)c3cc2C)cn2ncnc12. The zero-order chi connectivity index (χ0) is 23.1. The van der Waals surface area contributed by atoms with Crippen molar-refractivity contribution in [3.8, 4) is 16.9 Å². The number of imidazole rings is 1. The molecule has 3 heterocycles. The van der Waals surface area contributed by atoms with Crippen LogP contribution in [-0.2, 0) is 0 Å². The van der Waals surface area contributed by atoms with Gasteiger partial charge in [-0.3, -0.25) is 4.57 Å². The molecule has 4 aromatic rings. The monoisotopic (exact) mass is 448 g/mol. The molecular formula is C25H32N6O2. The van der Waals surface area contributed by atoms with Crippen LogP contribution in [0.5, 0.6) is 5.75 Å². The number of nitrogens with one attached hydrogen (secondary N) is 2. The van der Waals surface area contributed by atoms with Crippen LogP contribution in [0.1, 0.15) is 51.1 Å². The summed E-state index contributed by atoms with van der Waals surface area (Å²) in [7, 11) is 1.63. The Morgan fingerprint density at radius 2 is 2.00 bits per heavy atom. The van der Waals surface area contributed by atoms with Crippen molar-refractivity contribution < 1.29 is 4.74 Å². The van der Waals surface area contributed by atoms with E-state index in [0.29, 0.717) is 23.4 Å². The first-order valence-electron chi connectivity index (χ1n) is 11.8. The van der Waals surface area contributed by atoms with Crippen molar-refractivity contribution >= 4 is 16.7 Å². The summed E-state index contributed by atoms with van der Waals surface area (Å²) in [6.45, 7) is 7.61. The number of hydrogen-bond donors (Lipinski definition) is 2. The summed E-state index contributed by atoms with van der Waals surface area (Å²) in [5, 5.41) is 7.95. The van der Waals surface area contributed by atoms with Crippen LogP contribution in [0, 0.1) is 12.8 Å². The molecule has 1 aliphatic rings. The Kier molecular flexibility index (Phi) is 5.70. The molecular weight excluding hydrogens is 416 g/mol. The number of aryl methyl sites for hydroxylation is 1. The highest BCUT2D eigenvalue weighted by Crippen LogP contribution is 2.34. The fourth-order valence-corrected chi connectivity index (χ4v) is 5.08. The van der Waals surface area contributed by atoms with Crippen molar-refractivity contribution in [3.05, 3.63) is 46.8 Å². The highest BCUT2D eigenvalue weighted by Gasteiger charge is 2.25. The van der Waals surface area contributed by atoms with Crippen molar-refractivity contribution in [1.29, 1.82) is 0 Å². The van der Waals surface area contributed by atoms with Crippen molar-refractivity contribution in [3.63, 3.8) is 0 Å². The number of benzene rings is 1. The smallest absolute Gasteiger partial charge is 0.326 e. The molecule has 1 fully saturated rings. The van der Waals surface area contributed by atoms with Gasteiger partial charge in [-0.05, 0) is 74.4 Å². The maximum absolute atomic E-state index is 13.0. The van der Waals surface area contributed by atoms with Gasteiger partial charge in [0.1, 0.15) is 6.33 Å². The number of ether oxygens (including phenoxy) is 1. The lowest BCUT2D eigenvalue weighted by molar-refractivity contribution is 0.285. The van der Waals surface area contributed by atoms with E-state index < -0.39 is 0 Å². The minimum atomic E-state index is -0.0237. The Hall–Kier alpha value is -3.13. The molecule has 0 atom stereocenters. The van der Waals surface area contributed by atoms with E-state index >= 15 is 0 Å². The predicted molar refractivity (Wildman–Crippen MR) is 130 cm³/mol. The zero-order valence-electron chi connectivity index (χ0n) is 19.8. The van der Waals surface area contributed by atoms with Gasteiger partial charge in [0.05, 0.1) is 18.1 Å². The van der Waals surface area contributed by atoms with Gasteiger partial charge in [0, 0.05) is 23.8 Å². The molecule has 0 unspecified atom stereocenters. The second-order valence-corrected chi connectivity index (χ2v) is 9.62. The van der Waals surface area contributed by atoms with Gasteiger partial charge >= 0.3 is 5.69 Å². The summed E-state index contributed by atoms with van der Waals surface area (Å²) in [5.41, 5.74) is 5.60. The van der Waals surface area contributed by atoms with Crippen molar-refractivity contribution in [2.24, 2.45) is 5.92 Å². The lowest BCUT2D eigenvalue weighted by atomic mass is 9.90. The van der Waals surface area contributed by atoms with Crippen LogP contribution in [0.4, 0.5) is 0 Å². The van der Waals surface area contributed by atoms with Crippen molar-refractivity contribution in [1.82, 2.24) is 29.5 Å². The average Bonchev–Trinajstić information content (AvgIpc) is 3.40. The van der Waals surface area contributed by atoms with Crippen molar-refractivity contribution in [2.45, 2.75) is 58.5 Å². The fourth-order valence-electron chi connectivity index (χ4n) is 5.08. The molecule has 2 N–H and O–H groups in total. The zero-order valence-corrected chi connectivity index (χ0v) is 19.8. The fraction of sp³-hybridized carbons (Fsp3) is 0.480. The standard InChI is InChI=1S/C25H32N6O2/c1-15(2)12-26-18-5-7-19(8-6-18)31-22-9-16(3)20(11-21(22)29-25(31)32)17-10-23(33-4)24-27-14-28-30(24)13-17/h9-11,13-15,18-19,26H,5-8,12H2,1-4H3,(H,29,32). The van der Waals surface area contributed by atoms with Gasteiger partial charge in [-0.1, -0.05) is 13.8 Å². The minimum Gasteiger partial charge on any atom is -0.493 e. The van der Waals surface area contributed by atoms with Gasteiger partial charge in [0.15, 0.2) is 11.4 Å². The highest BCUT2D eigenvalue weighted by atomic mass is 16.5. The Morgan fingerprint density at radius 3 is 2.73 bits per heavy atom. The molecule has 0 radical (unpaired) electrons. The Bertz CT molecular complexity index is 1340. The quantitative estimate of drug-likeness (QED) is 0.464. The second-order valence-electron chi connectivity index (χ2n) is 9.62. The van der Waals surface area contributed by atoms with Gasteiger partial charge in [0.25, 0.3) is 0 Å². The van der Waals surface area contributed by atoms with E-state index in [0.717, 1.165) is 60.0 Å². The molecule has 0 saturated heterocycles. The normalized spacial score (nSPS) is 19.1. The van der Waals surface area contributed by atoms with Gasteiger partial charge in [0.2, 0.25) is 0 Å². The molecule has 8 heteroatoms. The summed E-state index contributed by atoms with van der Waals surface area (Å²) in [5.74, 6) is 1.32. The van der Waals surface area contributed by atoms with Crippen LogP contribution < -0.4 is 15.7 Å². The third kappa shape index (κ3) is 4.04. The molecule has 0 aliphatic heterocycles. The molecule has 0 spiro atoms. The van der Waals surface area contributed by atoms with E-state index in [1.165, 1.54) is 6.33 Å². The number of aromatic nitrogens is 5. The third-order valence-electron chi connectivity index (χ3n) is 6.81. The van der Waals surface area contributed by atoms with E-state index in [-0.39, 0.29) is 11.7 Å². The second kappa shape index (κ2) is 8.67. The third-order valence-corrected chi connectivity index (χ3v) is 6.81. The topological polar surface area (TPSA) is 89.2 Å². The maximum Gasteiger partial charge on any atom is 0.326 e. The molecule has 1 aliphatic carbocycles. The summed E-state index contributed by atoms with van der Waals surface area (Å²) < 4.78 is 9.22.